The Morgan fingerprint density at radius 2 is 2.12 bits per heavy atom. The summed E-state index contributed by atoms with van der Waals surface area (Å²) < 4.78 is 2.18. The van der Waals surface area contributed by atoms with Gasteiger partial charge in [-0.2, -0.15) is 0 Å². The molecule has 1 aromatic carbocycles. The van der Waals surface area contributed by atoms with Crippen LogP contribution >= 0.6 is 11.6 Å². The quantitative estimate of drug-likeness (QED) is 0.806. The lowest BCUT2D eigenvalue weighted by Gasteiger charge is -2.13. The summed E-state index contributed by atoms with van der Waals surface area (Å²) in [4.78, 5) is 11.3. The standard InChI is InChI=1S/C14H16ClNO/c1-9(2)16-11(7-10(3)17)8-12-13(15)5-4-6-14(12)16/h4-6,8-9H,7H2,1-3H3. The Balaban J connectivity index is 2.70. The lowest BCUT2D eigenvalue weighted by atomic mass is 10.2. The lowest BCUT2D eigenvalue weighted by Crippen LogP contribution is -2.08. The van der Waals surface area contributed by atoms with E-state index >= 15 is 0 Å². The summed E-state index contributed by atoms with van der Waals surface area (Å²) in [7, 11) is 0. The Kier molecular flexibility index (Phi) is 3.25. The van der Waals surface area contributed by atoms with Gasteiger partial charge in [-0.25, -0.2) is 0 Å². The smallest absolute Gasteiger partial charge is 0.135 e. The molecule has 0 aliphatic carbocycles. The van der Waals surface area contributed by atoms with E-state index in [2.05, 4.69) is 18.4 Å². The molecule has 0 amide bonds. The Hall–Kier alpha value is -1.28. The van der Waals surface area contributed by atoms with Crippen molar-refractivity contribution in [3.63, 3.8) is 0 Å². The molecule has 0 unspecified atom stereocenters. The molecule has 0 bridgehead atoms. The number of ketones is 1. The van der Waals surface area contributed by atoms with E-state index in [1.54, 1.807) is 6.92 Å². The van der Waals surface area contributed by atoms with E-state index in [0.717, 1.165) is 21.6 Å². The summed E-state index contributed by atoms with van der Waals surface area (Å²) in [5.41, 5.74) is 2.14. The molecule has 0 fully saturated rings. The highest BCUT2D eigenvalue weighted by Crippen LogP contribution is 2.29. The Bertz CT molecular complexity index is 569. The second-order valence-electron chi connectivity index (χ2n) is 4.65. The number of carbonyl (C=O) groups excluding carboxylic acids is 1. The van der Waals surface area contributed by atoms with Gasteiger partial charge in [0.2, 0.25) is 0 Å². The van der Waals surface area contributed by atoms with Crippen molar-refractivity contribution in [2.75, 3.05) is 0 Å². The lowest BCUT2D eigenvalue weighted by molar-refractivity contribution is -0.116. The van der Waals surface area contributed by atoms with Crippen molar-refractivity contribution >= 4 is 28.3 Å². The number of rotatable bonds is 3. The number of fused-ring (bicyclic) bond motifs is 1. The van der Waals surface area contributed by atoms with Crippen molar-refractivity contribution in [1.29, 1.82) is 0 Å². The third-order valence-electron chi connectivity index (χ3n) is 2.86. The average molecular weight is 250 g/mol. The van der Waals surface area contributed by atoms with Gasteiger partial charge in [-0.3, -0.25) is 4.79 Å². The van der Waals surface area contributed by atoms with E-state index in [-0.39, 0.29) is 5.78 Å². The largest absolute Gasteiger partial charge is 0.342 e. The zero-order chi connectivity index (χ0) is 12.6. The van der Waals surface area contributed by atoms with Crippen LogP contribution in [0.15, 0.2) is 24.3 Å². The van der Waals surface area contributed by atoms with Crippen LogP contribution in [-0.2, 0) is 11.2 Å². The van der Waals surface area contributed by atoms with Crippen LogP contribution in [0.1, 0.15) is 32.5 Å². The second kappa shape index (κ2) is 4.53. The van der Waals surface area contributed by atoms with Crippen molar-refractivity contribution in [3.05, 3.63) is 35.0 Å². The molecule has 0 saturated heterocycles. The van der Waals surface area contributed by atoms with Crippen molar-refractivity contribution in [3.8, 4) is 0 Å². The molecule has 0 aliphatic heterocycles. The molecule has 2 aromatic rings. The van der Waals surface area contributed by atoms with Gasteiger partial charge < -0.3 is 4.57 Å². The zero-order valence-electron chi connectivity index (χ0n) is 10.3. The molecule has 17 heavy (non-hydrogen) atoms. The second-order valence-corrected chi connectivity index (χ2v) is 5.06. The topological polar surface area (TPSA) is 22.0 Å². The number of hydrogen-bond donors (Lipinski definition) is 0. The van der Waals surface area contributed by atoms with Gasteiger partial charge in [0.15, 0.2) is 0 Å². The van der Waals surface area contributed by atoms with Crippen LogP contribution < -0.4 is 0 Å². The third-order valence-corrected chi connectivity index (χ3v) is 3.19. The number of aromatic nitrogens is 1. The first-order valence-electron chi connectivity index (χ1n) is 5.78. The van der Waals surface area contributed by atoms with Gasteiger partial charge in [0.05, 0.1) is 0 Å². The molecule has 0 saturated carbocycles. The fourth-order valence-corrected chi connectivity index (χ4v) is 2.49. The normalized spacial score (nSPS) is 11.4. The van der Waals surface area contributed by atoms with Gasteiger partial charge in [-0.15, -0.1) is 0 Å². The Morgan fingerprint density at radius 1 is 1.41 bits per heavy atom. The van der Waals surface area contributed by atoms with Crippen LogP contribution in [0.25, 0.3) is 10.9 Å². The molecule has 2 nitrogen and oxygen atoms in total. The summed E-state index contributed by atoms with van der Waals surface area (Å²) in [6.45, 7) is 5.85. The molecule has 0 spiro atoms. The first-order chi connectivity index (χ1) is 8.00. The number of benzene rings is 1. The van der Waals surface area contributed by atoms with Gasteiger partial charge in [0.25, 0.3) is 0 Å². The van der Waals surface area contributed by atoms with E-state index in [4.69, 9.17) is 11.6 Å². The van der Waals surface area contributed by atoms with Crippen molar-refractivity contribution in [1.82, 2.24) is 4.57 Å². The third kappa shape index (κ3) is 2.22. The van der Waals surface area contributed by atoms with Crippen LogP contribution in [-0.4, -0.2) is 10.4 Å². The van der Waals surface area contributed by atoms with Crippen LogP contribution in [0, 0.1) is 0 Å². The Labute approximate surface area is 106 Å². The predicted octanol–water partition coefficient (Wildman–Crippen LogP) is 4.01. The van der Waals surface area contributed by atoms with Crippen molar-refractivity contribution in [2.45, 2.75) is 33.2 Å². The van der Waals surface area contributed by atoms with E-state index in [0.29, 0.717) is 12.5 Å². The van der Waals surface area contributed by atoms with Gasteiger partial charge in [0.1, 0.15) is 5.78 Å². The maximum atomic E-state index is 11.3. The molecule has 1 heterocycles. The summed E-state index contributed by atoms with van der Waals surface area (Å²) in [6.07, 6.45) is 0.461. The molecular weight excluding hydrogens is 234 g/mol. The van der Waals surface area contributed by atoms with Crippen molar-refractivity contribution < 1.29 is 4.79 Å². The molecule has 1 aromatic heterocycles. The number of nitrogens with zero attached hydrogens (tertiary/aromatic N) is 1. The zero-order valence-corrected chi connectivity index (χ0v) is 11.1. The highest BCUT2D eigenvalue weighted by atomic mass is 35.5. The number of Topliss-reactive ketones (excluding diaryl/α,β-unsaturated/α-hetero) is 1. The van der Waals surface area contributed by atoms with E-state index in [1.165, 1.54) is 0 Å². The van der Waals surface area contributed by atoms with Crippen molar-refractivity contribution in [2.24, 2.45) is 0 Å². The van der Waals surface area contributed by atoms with Gasteiger partial charge >= 0.3 is 0 Å². The molecule has 0 N–H and O–H groups in total. The molecule has 0 radical (unpaired) electrons. The molecule has 0 atom stereocenters. The van der Waals surface area contributed by atoms with Gasteiger partial charge in [-0.1, -0.05) is 17.7 Å². The fourth-order valence-electron chi connectivity index (χ4n) is 2.27. The number of hydrogen-bond acceptors (Lipinski definition) is 1. The minimum atomic E-state index is 0.172. The maximum Gasteiger partial charge on any atom is 0.135 e. The number of carbonyl (C=O) groups is 1. The molecule has 3 heteroatoms. The number of halogens is 1. The van der Waals surface area contributed by atoms with Crippen LogP contribution in [0.3, 0.4) is 0 Å². The molecular formula is C14H16ClNO. The average Bonchev–Trinajstić information content (AvgIpc) is 2.56. The van der Waals surface area contributed by atoms with E-state index < -0.39 is 0 Å². The SMILES string of the molecule is CC(=O)Cc1cc2c(Cl)cccc2n1C(C)C. The van der Waals surface area contributed by atoms with Crippen LogP contribution in [0.4, 0.5) is 0 Å². The minimum Gasteiger partial charge on any atom is -0.342 e. The summed E-state index contributed by atoms with van der Waals surface area (Å²) in [5, 5.41) is 1.77. The fraction of sp³-hybridized carbons (Fsp3) is 0.357. The first-order valence-corrected chi connectivity index (χ1v) is 6.16. The van der Waals surface area contributed by atoms with Crippen LogP contribution in [0.2, 0.25) is 5.02 Å². The summed E-state index contributed by atoms with van der Waals surface area (Å²) >= 11 is 6.19. The van der Waals surface area contributed by atoms with Gasteiger partial charge in [0, 0.05) is 34.1 Å². The Morgan fingerprint density at radius 3 is 2.71 bits per heavy atom. The predicted molar refractivity (Wildman–Crippen MR) is 71.7 cm³/mol. The first kappa shape index (κ1) is 12.2. The molecule has 2 rings (SSSR count). The van der Waals surface area contributed by atoms with Gasteiger partial charge in [-0.05, 0) is 39.0 Å². The molecule has 90 valence electrons. The summed E-state index contributed by atoms with van der Waals surface area (Å²) in [6, 6.07) is 8.22. The summed E-state index contributed by atoms with van der Waals surface area (Å²) in [5.74, 6) is 0.172. The van der Waals surface area contributed by atoms with Crippen LogP contribution in [0.5, 0.6) is 0 Å². The highest BCUT2D eigenvalue weighted by Gasteiger charge is 2.14. The highest BCUT2D eigenvalue weighted by molar-refractivity contribution is 6.35. The minimum absolute atomic E-state index is 0.172. The monoisotopic (exact) mass is 249 g/mol. The molecule has 0 aliphatic rings. The van der Waals surface area contributed by atoms with E-state index in [9.17, 15) is 4.79 Å². The van der Waals surface area contributed by atoms with E-state index in [1.807, 2.05) is 24.3 Å². The maximum absolute atomic E-state index is 11.3.